The number of rotatable bonds is 3. The van der Waals surface area contributed by atoms with Gasteiger partial charge in [-0.2, -0.15) is 0 Å². The maximum absolute atomic E-state index is 10.2. The van der Waals surface area contributed by atoms with Crippen LogP contribution in [0.1, 0.15) is 11.1 Å². The molecule has 68 valence electrons. The average molecular weight is 177 g/mol. The SMILES string of the molecule is NCc1ccc(C=CC(=O)O)cc1. The van der Waals surface area contributed by atoms with Crippen molar-refractivity contribution >= 4 is 12.0 Å². The molecule has 13 heavy (non-hydrogen) atoms. The molecule has 3 nitrogen and oxygen atoms in total. The van der Waals surface area contributed by atoms with E-state index < -0.39 is 5.97 Å². The Labute approximate surface area is 76.5 Å². The fraction of sp³-hybridized carbons (Fsp3) is 0.100. The van der Waals surface area contributed by atoms with Gasteiger partial charge in [0.05, 0.1) is 0 Å². The first-order valence-electron chi connectivity index (χ1n) is 3.92. The molecule has 0 aliphatic heterocycles. The zero-order valence-electron chi connectivity index (χ0n) is 7.10. The van der Waals surface area contributed by atoms with Gasteiger partial charge in [-0.25, -0.2) is 4.79 Å². The Balaban J connectivity index is 2.75. The predicted octanol–water partition coefficient (Wildman–Crippen LogP) is 1.24. The summed E-state index contributed by atoms with van der Waals surface area (Å²) < 4.78 is 0. The summed E-state index contributed by atoms with van der Waals surface area (Å²) in [7, 11) is 0. The van der Waals surface area contributed by atoms with E-state index in [0.29, 0.717) is 6.54 Å². The highest BCUT2D eigenvalue weighted by Crippen LogP contribution is 2.05. The molecule has 0 saturated carbocycles. The molecule has 1 rings (SSSR count). The van der Waals surface area contributed by atoms with Crippen LogP contribution in [0.3, 0.4) is 0 Å². The van der Waals surface area contributed by atoms with Gasteiger partial charge >= 0.3 is 5.97 Å². The third-order valence-electron chi connectivity index (χ3n) is 1.63. The lowest BCUT2D eigenvalue weighted by Gasteiger charge is -1.96. The van der Waals surface area contributed by atoms with Gasteiger partial charge in [-0.05, 0) is 17.2 Å². The molecule has 0 aliphatic carbocycles. The Hall–Kier alpha value is -1.61. The molecule has 0 atom stereocenters. The van der Waals surface area contributed by atoms with Gasteiger partial charge in [-0.15, -0.1) is 0 Å². The minimum Gasteiger partial charge on any atom is -0.478 e. The van der Waals surface area contributed by atoms with Crippen LogP contribution < -0.4 is 5.73 Å². The van der Waals surface area contributed by atoms with Crippen molar-refractivity contribution in [3.8, 4) is 0 Å². The van der Waals surface area contributed by atoms with Gasteiger partial charge in [-0.1, -0.05) is 24.3 Å². The van der Waals surface area contributed by atoms with Crippen LogP contribution in [0.2, 0.25) is 0 Å². The number of nitrogens with two attached hydrogens (primary N) is 1. The van der Waals surface area contributed by atoms with Gasteiger partial charge in [0.1, 0.15) is 0 Å². The van der Waals surface area contributed by atoms with Crippen molar-refractivity contribution in [1.29, 1.82) is 0 Å². The molecular formula is C10H11NO2. The second kappa shape index (κ2) is 4.42. The Morgan fingerprint density at radius 2 is 2.00 bits per heavy atom. The number of carboxylic acids is 1. The molecule has 0 amide bonds. The molecule has 0 unspecified atom stereocenters. The molecule has 0 fully saturated rings. The number of aliphatic carboxylic acids is 1. The Morgan fingerprint density at radius 1 is 1.38 bits per heavy atom. The molecule has 3 heteroatoms. The van der Waals surface area contributed by atoms with Crippen LogP contribution in [-0.2, 0) is 11.3 Å². The van der Waals surface area contributed by atoms with Crippen molar-refractivity contribution in [2.24, 2.45) is 5.73 Å². The summed E-state index contributed by atoms with van der Waals surface area (Å²) in [6, 6.07) is 7.42. The van der Waals surface area contributed by atoms with E-state index in [0.717, 1.165) is 17.2 Å². The van der Waals surface area contributed by atoms with Crippen LogP contribution in [0, 0.1) is 0 Å². The summed E-state index contributed by atoms with van der Waals surface area (Å²) in [6.45, 7) is 0.503. The van der Waals surface area contributed by atoms with Gasteiger partial charge in [0.2, 0.25) is 0 Å². The topological polar surface area (TPSA) is 63.3 Å². The highest BCUT2D eigenvalue weighted by molar-refractivity contribution is 5.85. The fourth-order valence-electron chi connectivity index (χ4n) is 0.932. The Morgan fingerprint density at radius 3 is 2.46 bits per heavy atom. The lowest BCUT2D eigenvalue weighted by molar-refractivity contribution is -0.131. The van der Waals surface area contributed by atoms with Crippen LogP contribution >= 0.6 is 0 Å². The largest absolute Gasteiger partial charge is 0.478 e. The van der Waals surface area contributed by atoms with Gasteiger partial charge in [0.25, 0.3) is 0 Å². The molecule has 0 heterocycles. The van der Waals surface area contributed by atoms with Gasteiger partial charge in [-0.3, -0.25) is 0 Å². The van der Waals surface area contributed by atoms with E-state index in [4.69, 9.17) is 10.8 Å². The van der Waals surface area contributed by atoms with Crippen LogP contribution in [0.15, 0.2) is 30.3 Å². The summed E-state index contributed by atoms with van der Waals surface area (Å²) in [4.78, 5) is 10.2. The van der Waals surface area contributed by atoms with Gasteiger partial charge < -0.3 is 10.8 Å². The zero-order valence-corrected chi connectivity index (χ0v) is 7.10. The van der Waals surface area contributed by atoms with Crippen LogP contribution in [0.4, 0.5) is 0 Å². The summed E-state index contributed by atoms with van der Waals surface area (Å²) in [5.74, 6) is -0.942. The summed E-state index contributed by atoms with van der Waals surface area (Å²) in [5, 5.41) is 8.37. The second-order valence-electron chi connectivity index (χ2n) is 2.62. The van der Waals surface area contributed by atoms with E-state index >= 15 is 0 Å². The highest BCUT2D eigenvalue weighted by Gasteiger charge is 1.90. The van der Waals surface area contributed by atoms with Gasteiger partial charge in [0.15, 0.2) is 0 Å². The summed E-state index contributed by atoms with van der Waals surface area (Å²) in [6.07, 6.45) is 2.65. The molecule has 3 N–H and O–H groups in total. The first-order chi connectivity index (χ1) is 6.22. The smallest absolute Gasteiger partial charge is 0.328 e. The van der Waals surface area contributed by atoms with Crippen LogP contribution in [-0.4, -0.2) is 11.1 Å². The molecule has 0 spiro atoms. The molecule has 1 aromatic rings. The molecular weight excluding hydrogens is 166 g/mol. The van der Waals surface area contributed by atoms with Crippen molar-refractivity contribution in [2.75, 3.05) is 0 Å². The Bertz CT molecular complexity index is 314. The normalized spacial score (nSPS) is 10.5. The maximum atomic E-state index is 10.2. The molecule has 0 aliphatic rings. The van der Waals surface area contributed by atoms with E-state index in [1.165, 1.54) is 0 Å². The number of hydrogen-bond donors (Lipinski definition) is 2. The molecule has 0 radical (unpaired) electrons. The molecule has 0 saturated heterocycles. The molecule has 1 aromatic carbocycles. The highest BCUT2D eigenvalue weighted by atomic mass is 16.4. The first kappa shape index (κ1) is 9.48. The first-order valence-corrected chi connectivity index (χ1v) is 3.92. The minimum atomic E-state index is -0.942. The van der Waals surface area contributed by atoms with E-state index in [9.17, 15) is 4.79 Å². The number of carboxylic acid groups (broad SMARTS) is 1. The number of hydrogen-bond acceptors (Lipinski definition) is 2. The summed E-state index contributed by atoms with van der Waals surface area (Å²) in [5.41, 5.74) is 7.31. The third-order valence-corrected chi connectivity index (χ3v) is 1.63. The van der Waals surface area contributed by atoms with Crippen molar-refractivity contribution in [1.82, 2.24) is 0 Å². The lowest BCUT2D eigenvalue weighted by atomic mass is 10.1. The second-order valence-corrected chi connectivity index (χ2v) is 2.62. The van der Waals surface area contributed by atoms with Crippen molar-refractivity contribution < 1.29 is 9.90 Å². The maximum Gasteiger partial charge on any atom is 0.328 e. The third kappa shape index (κ3) is 3.09. The zero-order chi connectivity index (χ0) is 9.68. The van der Waals surface area contributed by atoms with Crippen molar-refractivity contribution in [2.45, 2.75) is 6.54 Å². The average Bonchev–Trinajstić information content (AvgIpc) is 2.15. The fourth-order valence-corrected chi connectivity index (χ4v) is 0.932. The van der Waals surface area contributed by atoms with E-state index in [1.807, 2.05) is 24.3 Å². The number of benzene rings is 1. The molecule has 0 bridgehead atoms. The quantitative estimate of drug-likeness (QED) is 0.683. The number of carbonyl (C=O) groups is 1. The van der Waals surface area contributed by atoms with Crippen LogP contribution in [0.25, 0.3) is 6.08 Å². The van der Waals surface area contributed by atoms with Crippen molar-refractivity contribution in [3.05, 3.63) is 41.5 Å². The van der Waals surface area contributed by atoms with E-state index in [1.54, 1.807) is 6.08 Å². The van der Waals surface area contributed by atoms with Crippen LogP contribution in [0.5, 0.6) is 0 Å². The standard InChI is InChI=1S/C10H11NO2/c11-7-9-3-1-8(2-4-9)5-6-10(12)13/h1-6H,7,11H2,(H,12,13). The van der Waals surface area contributed by atoms with E-state index in [2.05, 4.69) is 0 Å². The van der Waals surface area contributed by atoms with Gasteiger partial charge in [0, 0.05) is 12.6 Å². The van der Waals surface area contributed by atoms with Crippen molar-refractivity contribution in [3.63, 3.8) is 0 Å². The minimum absolute atomic E-state index is 0.503. The lowest BCUT2D eigenvalue weighted by Crippen LogP contribution is -1.95. The Kier molecular flexibility index (Phi) is 3.23. The van der Waals surface area contributed by atoms with E-state index in [-0.39, 0.29) is 0 Å². The monoisotopic (exact) mass is 177 g/mol. The molecule has 0 aromatic heterocycles. The summed E-state index contributed by atoms with van der Waals surface area (Å²) >= 11 is 0. The predicted molar refractivity (Wildman–Crippen MR) is 51.0 cm³/mol.